The fraction of sp³-hybridized carbons (Fsp3) is 0.700. The van der Waals surface area contributed by atoms with Crippen LogP contribution < -0.4 is 0 Å². The molecule has 3 rings (SSSR count). The molecule has 144 valence electrons. The molecule has 0 spiro atoms. The number of hydrogen-bond acceptors (Lipinski definition) is 5. The third-order valence-electron chi connectivity index (χ3n) is 5.42. The van der Waals surface area contributed by atoms with Crippen molar-refractivity contribution < 1.29 is 0 Å². The highest BCUT2D eigenvalue weighted by atomic mass is 32.1. The lowest BCUT2D eigenvalue weighted by atomic mass is 9.85. The molecule has 0 radical (unpaired) electrons. The first kappa shape index (κ1) is 19.5. The maximum atomic E-state index is 4.64. The number of nitrogens with zero attached hydrogens (tertiary/aromatic N) is 5. The van der Waals surface area contributed by atoms with E-state index in [4.69, 9.17) is 0 Å². The molecule has 5 nitrogen and oxygen atoms in total. The van der Waals surface area contributed by atoms with Crippen LogP contribution in [-0.2, 0) is 13.6 Å². The van der Waals surface area contributed by atoms with E-state index in [1.54, 1.807) is 0 Å². The molecule has 1 saturated heterocycles. The van der Waals surface area contributed by atoms with E-state index in [1.165, 1.54) is 34.8 Å². The van der Waals surface area contributed by atoms with E-state index in [-0.39, 0.29) is 0 Å². The van der Waals surface area contributed by atoms with Crippen LogP contribution >= 0.6 is 11.3 Å². The van der Waals surface area contributed by atoms with Gasteiger partial charge in [-0.1, -0.05) is 20.8 Å². The first-order chi connectivity index (χ1) is 12.5. The Labute approximate surface area is 162 Å². The lowest BCUT2D eigenvalue weighted by Crippen LogP contribution is -2.42. The maximum Gasteiger partial charge on any atom is 0.107 e. The molecule has 0 unspecified atom stereocenters. The van der Waals surface area contributed by atoms with E-state index in [2.05, 4.69) is 66.3 Å². The van der Waals surface area contributed by atoms with Gasteiger partial charge < -0.3 is 0 Å². The summed E-state index contributed by atoms with van der Waals surface area (Å²) in [5, 5.41) is 5.66. The summed E-state index contributed by atoms with van der Waals surface area (Å²) in [6.45, 7) is 11.1. The summed E-state index contributed by atoms with van der Waals surface area (Å²) in [4.78, 5) is 11.1. The van der Waals surface area contributed by atoms with Crippen molar-refractivity contribution in [1.82, 2.24) is 24.6 Å². The minimum Gasteiger partial charge on any atom is -0.299 e. The summed E-state index contributed by atoms with van der Waals surface area (Å²) in [6, 6.07) is 0.479. The second-order valence-electron chi connectivity index (χ2n) is 7.93. The van der Waals surface area contributed by atoms with E-state index in [1.807, 2.05) is 23.1 Å². The van der Waals surface area contributed by atoms with Gasteiger partial charge >= 0.3 is 0 Å². The Morgan fingerprint density at radius 1 is 1.35 bits per heavy atom. The smallest absolute Gasteiger partial charge is 0.107 e. The van der Waals surface area contributed by atoms with Gasteiger partial charge in [0.25, 0.3) is 0 Å². The van der Waals surface area contributed by atoms with Gasteiger partial charge in [-0.05, 0) is 44.8 Å². The third kappa shape index (κ3) is 4.53. The van der Waals surface area contributed by atoms with Crippen LogP contribution in [0.25, 0.3) is 0 Å². The van der Waals surface area contributed by atoms with Crippen molar-refractivity contribution in [2.24, 2.45) is 13.0 Å². The summed E-state index contributed by atoms with van der Waals surface area (Å²) in [5.74, 6) is 1.21. The molecule has 1 aliphatic rings. The lowest BCUT2D eigenvalue weighted by Gasteiger charge is -2.42. The van der Waals surface area contributed by atoms with E-state index in [9.17, 15) is 0 Å². The molecule has 0 aliphatic carbocycles. The fourth-order valence-electron chi connectivity index (χ4n) is 4.13. The van der Waals surface area contributed by atoms with Gasteiger partial charge in [-0.15, -0.1) is 11.3 Å². The molecule has 6 heteroatoms. The number of piperidine rings is 1. The summed E-state index contributed by atoms with van der Waals surface area (Å²) in [7, 11) is 4.25. The highest BCUT2D eigenvalue weighted by Crippen LogP contribution is 2.36. The average Bonchev–Trinajstić information content (AvgIpc) is 3.23. The molecule has 1 fully saturated rings. The molecule has 2 atom stereocenters. The molecule has 0 saturated carbocycles. The van der Waals surface area contributed by atoms with Crippen LogP contribution in [0.3, 0.4) is 0 Å². The summed E-state index contributed by atoms with van der Waals surface area (Å²) < 4.78 is 1.93. The monoisotopic (exact) mass is 375 g/mol. The van der Waals surface area contributed by atoms with Crippen LogP contribution in [0.2, 0.25) is 0 Å². The molecule has 0 bridgehead atoms. The van der Waals surface area contributed by atoms with Crippen molar-refractivity contribution in [1.29, 1.82) is 0 Å². The highest BCUT2D eigenvalue weighted by molar-refractivity contribution is 7.11. The quantitative estimate of drug-likeness (QED) is 0.735. The number of rotatable bonds is 7. The predicted molar refractivity (Wildman–Crippen MR) is 108 cm³/mol. The van der Waals surface area contributed by atoms with Gasteiger partial charge in [0.15, 0.2) is 0 Å². The van der Waals surface area contributed by atoms with E-state index in [0.717, 1.165) is 19.6 Å². The van der Waals surface area contributed by atoms with Crippen LogP contribution in [0.4, 0.5) is 0 Å². The van der Waals surface area contributed by atoms with Crippen LogP contribution in [0.15, 0.2) is 18.6 Å². The summed E-state index contributed by atoms with van der Waals surface area (Å²) in [6.07, 6.45) is 8.88. The summed E-state index contributed by atoms with van der Waals surface area (Å²) >= 11 is 1.86. The Hall–Kier alpha value is -1.24. The predicted octanol–water partition coefficient (Wildman–Crippen LogP) is 3.91. The zero-order valence-corrected chi connectivity index (χ0v) is 17.7. The second kappa shape index (κ2) is 8.63. The topological polar surface area (TPSA) is 37.2 Å². The van der Waals surface area contributed by atoms with E-state index < -0.39 is 0 Å². The first-order valence-corrected chi connectivity index (χ1v) is 10.6. The van der Waals surface area contributed by atoms with Crippen LogP contribution in [0.5, 0.6) is 0 Å². The zero-order valence-electron chi connectivity index (χ0n) is 16.9. The van der Waals surface area contributed by atoms with Gasteiger partial charge in [0, 0.05) is 42.5 Å². The SMILES string of the molecule is CCN1CCC[C@@H](CN(C)Cc2ncc(C(C)C)s2)[C@@H]1c1cnn(C)c1. The Kier molecular flexibility index (Phi) is 6.48. The number of aromatic nitrogens is 3. The number of aryl methyl sites for hydroxylation is 1. The van der Waals surface area contributed by atoms with E-state index >= 15 is 0 Å². The highest BCUT2D eigenvalue weighted by Gasteiger charge is 2.33. The molecule has 3 heterocycles. The molecule has 1 aliphatic heterocycles. The molecule has 2 aromatic heterocycles. The Morgan fingerprint density at radius 2 is 2.15 bits per heavy atom. The third-order valence-corrected chi connectivity index (χ3v) is 6.71. The van der Waals surface area contributed by atoms with Crippen LogP contribution in [-0.4, -0.2) is 51.2 Å². The molecular formula is C20H33N5S. The molecule has 0 N–H and O–H groups in total. The second-order valence-corrected chi connectivity index (χ2v) is 9.08. The molecule has 26 heavy (non-hydrogen) atoms. The van der Waals surface area contributed by atoms with Crippen molar-refractivity contribution in [2.75, 3.05) is 26.7 Å². The molecule has 2 aromatic rings. The molecule has 0 aromatic carbocycles. The van der Waals surface area contributed by atoms with Gasteiger partial charge in [0.2, 0.25) is 0 Å². The zero-order chi connectivity index (χ0) is 18.7. The Morgan fingerprint density at radius 3 is 2.77 bits per heavy atom. The number of thiazole rings is 1. The lowest BCUT2D eigenvalue weighted by molar-refractivity contribution is 0.0749. The normalized spacial score (nSPS) is 21.8. The Balaban J connectivity index is 1.68. The van der Waals surface area contributed by atoms with Gasteiger partial charge in [0.05, 0.1) is 12.7 Å². The minimum atomic E-state index is 0.479. The van der Waals surface area contributed by atoms with Crippen LogP contribution in [0, 0.1) is 5.92 Å². The minimum absolute atomic E-state index is 0.479. The summed E-state index contributed by atoms with van der Waals surface area (Å²) in [5.41, 5.74) is 1.36. The maximum absolute atomic E-state index is 4.64. The Bertz CT molecular complexity index is 692. The van der Waals surface area contributed by atoms with Gasteiger partial charge in [-0.25, -0.2) is 4.98 Å². The number of hydrogen-bond donors (Lipinski definition) is 0. The van der Waals surface area contributed by atoms with Crippen molar-refractivity contribution >= 4 is 11.3 Å². The average molecular weight is 376 g/mol. The van der Waals surface area contributed by atoms with Crippen LogP contribution in [0.1, 0.15) is 61.0 Å². The van der Waals surface area contributed by atoms with E-state index in [0.29, 0.717) is 17.9 Å². The van der Waals surface area contributed by atoms with Gasteiger partial charge in [0.1, 0.15) is 5.01 Å². The van der Waals surface area contributed by atoms with Crippen molar-refractivity contribution in [3.05, 3.63) is 34.0 Å². The van der Waals surface area contributed by atoms with Crippen molar-refractivity contribution in [2.45, 2.75) is 52.1 Å². The van der Waals surface area contributed by atoms with Crippen molar-refractivity contribution in [3.8, 4) is 0 Å². The molecular weight excluding hydrogens is 342 g/mol. The standard InChI is InChI=1S/C20H33N5S/c1-6-25-9-7-8-16(20(25)17-10-22-24(5)13-17)12-23(4)14-19-21-11-18(26-19)15(2)3/h10-11,13,15-16,20H,6-9,12,14H2,1-5H3/t16-,20+/m0/s1. The first-order valence-electron chi connectivity index (χ1n) is 9.83. The van der Waals surface area contributed by atoms with Crippen molar-refractivity contribution in [3.63, 3.8) is 0 Å². The van der Waals surface area contributed by atoms with Gasteiger partial charge in [-0.2, -0.15) is 5.10 Å². The fourth-order valence-corrected chi connectivity index (χ4v) is 5.14. The largest absolute Gasteiger partial charge is 0.299 e. The number of likely N-dealkylation sites (tertiary alicyclic amines) is 1. The molecule has 0 amide bonds. The van der Waals surface area contributed by atoms with Gasteiger partial charge in [-0.3, -0.25) is 14.5 Å².